The van der Waals surface area contributed by atoms with Gasteiger partial charge in [0.25, 0.3) is 16.1 Å². The summed E-state index contributed by atoms with van der Waals surface area (Å²) in [5.74, 6) is 0.693. The van der Waals surface area contributed by atoms with E-state index in [1.54, 1.807) is 10.4 Å². The fourth-order valence-corrected chi connectivity index (χ4v) is 7.53. The molecule has 0 spiro atoms. The zero-order chi connectivity index (χ0) is 26.3. The predicted octanol–water partition coefficient (Wildman–Crippen LogP) is 0.573. The quantitative estimate of drug-likeness (QED) is 0.435. The second-order valence-corrected chi connectivity index (χ2v) is 11.5. The summed E-state index contributed by atoms with van der Waals surface area (Å²) in [5.41, 5.74) is 5.44. The minimum atomic E-state index is -3.60. The van der Waals surface area contributed by atoms with Crippen LogP contribution in [0.15, 0.2) is 12.1 Å². The zero-order valence-electron chi connectivity index (χ0n) is 20.7. The lowest BCUT2D eigenvalue weighted by Gasteiger charge is -2.51. The molecule has 3 aliphatic rings. The molecule has 0 radical (unpaired) electrons. The third-order valence-corrected chi connectivity index (χ3v) is 9.45. The molecule has 37 heavy (non-hydrogen) atoms. The lowest BCUT2D eigenvalue weighted by molar-refractivity contribution is 0.0930. The maximum atomic E-state index is 13.4. The molecular formula is C22H30N10O4S. The van der Waals surface area contributed by atoms with Crippen LogP contribution >= 0.6 is 0 Å². The van der Waals surface area contributed by atoms with Crippen LogP contribution in [-0.2, 0) is 10.2 Å². The summed E-state index contributed by atoms with van der Waals surface area (Å²) in [4.78, 5) is 22.5. The Labute approximate surface area is 215 Å². The largest absolute Gasteiger partial charge is 0.481 e. The fraction of sp³-hybridized carbons (Fsp3) is 0.591. The maximum absolute atomic E-state index is 13.4. The number of anilines is 3. The molecule has 3 fully saturated rings. The van der Waals surface area contributed by atoms with Crippen molar-refractivity contribution in [3.63, 3.8) is 0 Å². The summed E-state index contributed by atoms with van der Waals surface area (Å²) in [7, 11) is -0.196. The van der Waals surface area contributed by atoms with Gasteiger partial charge in [0.05, 0.1) is 19.1 Å². The molecule has 0 unspecified atom stereocenters. The van der Waals surface area contributed by atoms with Gasteiger partial charge in [0.2, 0.25) is 11.8 Å². The Morgan fingerprint density at radius 3 is 2.54 bits per heavy atom. The van der Waals surface area contributed by atoms with Crippen molar-refractivity contribution in [2.45, 2.75) is 50.2 Å². The Kier molecular flexibility index (Phi) is 6.65. The number of carbonyl (C=O) groups excluding carboxylic acids is 1. The van der Waals surface area contributed by atoms with E-state index in [0.29, 0.717) is 36.3 Å². The fourth-order valence-electron chi connectivity index (χ4n) is 5.39. The van der Waals surface area contributed by atoms with Crippen molar-refractivity contribution in [3.05, 3.63) is 17.8 Å². The van der Waals surface area contributed by atoms with E-state index in [-0.39, 0.29) is 42.8 Å². The smallest absolute Gasteiger partial charge is 0.282 e. The Bertz CT molecular complexity index is 1300. The van der Waals surface area contributed by atoms with E-state index in [2.05, 4.69) is 31.6 Å². The van der Waals surface area contributed by atoms with E-state index in [1.165, 1.54) is 17.5 Å². The minimum absolute atomic E-state index is 0.0248. The summed E-state index contributed by atoms with van der Waals surface area (Å²) in [5, 5.41) is 18.7. The van der Waals surface area contributed by atoms with Gasteiger partial charge in [-0.2, -0.15) is 37.4 Å². The lowest BCUT2D eigenvalue weighted by Crippen LogP contribution is -2.64. The van der Waals surface area contributed by atoms with Crippen molar-refractivity contribution in [3.8, 4) is 11.9 Å². The first-order chi connectivity index (χ1) is 17.7. The maximum Gasteiger partial charge on any atom is 0.282 e. The molecule has 2 aromatic rings. The van der Waals surface area contributed by atoms with Gasteiger partial charge in [0.15, 0.2) is 5.82 Å². The van der Waals surface area contributed by atoms with E-state index in [0.717, 1.165) is 19.3 Å². The first-order valence-corrected chi connectivity index (χ1v) is 13.6. The Morgan fingerprint density at radius 1 is 1.24 bits per heavy atom. The van der Waals surface area contributed by atoms with Gasteiger partial charge in [0, 0.05) is 50.4 Å². The van der Waals surface area contributed by atoms with Crippen LogP contribution in [-0.4, -0.2) is 88.5 Å². The minimum Gasteiger partial charge on any atom is -0.481 e. The monoisotopic (exact) mass is 530 g/mol. The number of aromatic amines is 1. The van der Waals surface area contributed by atoms with E-state index in [4.69, 9.17) is 15.7 Å². The standard InChI is InChI=1S/C22H30N10O4S/c1-30(22-26-18(9-20(27-22)36-2)25-19-8-17(21(24)33)28-29-19)16-6-14-4-3-5-15(7-16)32(14)37(34,35)31-11-13(10-23)12-31/h8-9,13-16H,3-7,11-12H2,1-2H3,(H2,24,33)(H2,25,26,27,28,29)/t14-,15+,16-. The second kappa shape index (κ2) is 9.77. The van der Waals surface area contributed by atoms with Crippen molar-refractivity contribution in [1.29, 1.82) is 5.26 Å². The number of carbonyl (C=O) groups is 1. The van der Waals surface area contributed by atoms with Gasteiger partial charge in [-0.25, -0.2) is 0 Å². The second-order valence-electron chi connectivity index (χ2n) is 9.71. The van der Waals surface area contributed by atoms with Crippen molar-refractivity contribution in [2.75, 3.05) is 37.5 Å². The summed E-state index contributed by atoms with van der Waals surface area (Å²) in [6, 6.07) is 5.02. The Balaban J connectivity index is 1.34. The molecule has 0 aliphatic carbocycles. The molecule has 5 heterocycles. The van der Waals surface area contributed by atoms with Crippen molar-refractivity contribution in [2.24, 2.45) is 11.7 Å². The van der Waals surface area contributed by atoms with E-state index in [1.807, 2.05) is 11.9 Å². The van der Waals surface area contributed by atoms with E-state index in [9.17, 15) is 13.2 Å². The molecule has 4 N–H and O–H groups in total. The summed E-state index contributed by atoms with van der Waals surface area (Å²) >= 11 is 0. The van der Waals surface area contributed by atoms with Crippen LogP contribution in [0.5, 0.6) is 5.88 Å². The van der Waals surface area contributed by atoms with Crippen LogP contribution in [0.3, 0.4) is 0 Å². The molecule has 198 valence electrons. The van der Waals surface area contributed by atoms with Crippen LogP contribution in [0.1, 0.15) is 42.6 Å². The number of hydrogen-bond donors (Lipinski definition) is 3. The third-order valence-electron chi connectivity index (χ3n) is 7.37. The van der Waals surface area contributed by atoms with Gasteiger partial charge in [0.1, 0.15) is 11.5 Å². The SMILES string of the molecule is COc1cc(Nc2cc(C(N)=O)[nH]n2)nc(N(C)[C@@H]2C[C@H]3CCC[C@@H](C2)N3S(=O)(=O)N2CC(C#N)C2)n1. The first-order valence-electron chi connectivity index (χ1n) is 12.2. The third kappa shape index (κ3) is 4.79. The number of nitriles is 1. The van der Waals surface area contributed by atoms with Crippen LogP contribution in [0.25, 0.3) is 0 Å². The number of piperidine rings is 2. The number of ether oxygens (including phenoxy) is 1. The highest BCUT2D eigenvalue weighted by Crippen LogP contribution is 2.40. The molecule has 2 bridgehead atoms. The molecule has 5 rings (SSSR count). The van der Waals surface area contributed by atoms with E-state index < -0.39 is 16.1 Å². The average Bonchev–Trinajstić information content (AvgIpc) is 3.30. The normalized spacial score (nSPS) is 24.6. The molecule has 2 aromatic heterocycles. The number of nitrogens with zero attached hydrogens (tertiary/aromatic N) is 7. The average molecular weight is 531 g/mol. The van der Waals surface area contributed by atoms with Crippen LogP contribution in [0.2, 0.25) is 0 Å². The molecule has 3 saturated heterocycles. The molecule has 0 aromatic carbocycles. The number of H-pyrrole nitrogens is 1. The van der Waals surface area contributed by atoms with E-state index >= 15 is 0 Å². The predicted molar refractivity (Wildman–Crippen MR) is 133 cm³/mol. The van der Waals surface area contributed by atoms with Crippen LogP contribution in [0.4, 0.5) is 17.6 Å². The Hall–Kier alpha value is -3.48. The van der Waals surface area contributed by atoms with Crippen molar-refractivity contribution in [1.82, 2.24) is 28.8 Å². The van der Waals surface area contributed by atoms with Gasteiger partial charge in [-0.15, -0.1) is 0 Å². The number of amides is 1. The number of nitrogens with two attached hydrogens (primary N) is 1. The van der Waals surface area contributed by atoms with Gasteiger partial charge in [-0.1, -0.05) is 6.42 Å². The highest BCUT2D eigenvalue weighted by Gasteiger charge is 2.50. The number of nitrogens with one attached hydrogen (secondary N) is 2. The van der Waals surface area contributed by atoms with Crippen molar-refractivity contribution < 1.29 is 17.9 Å². The zero-order valence-corrected chi connectivity index (χ0v) is 21.5. The highest BCUT2D eigenvalue weighted by atomic mass is 32.2. The van der Waals surface area contributed by atoms with Gasteiger partial charge in [-0.05, 0) is 25.7 Å². The molecule has 1 amide bonds. The van der Waals surface area contributed by atoms with Gasteiger partial charge < -0.3 is 20.7 Å². The van der Waals surface area contributed by atoms with Crippen LogP contribution in [0, 0.1) is 17.2 Å². The molecule has 15 heteroatoms. The molecule has 3 aliphatic heterocycles. The Morgan fingerprint density at radius 2 is 1.95 bits per heavy atom. The van der Waals surface area contributed by atoms with Gasteiger partial charge >= 0.3 is 0 Å². The summed E-state index contributed by atoms with van der Waals surface area (Å²) < 4.78 is 35.3. The molecular weight excluding hydrogens is 500 g/mol. The molecule has 0 saturated carbocycles. The molecule has 14 nitrogen and oxygen atoms in total. The number of hydrogen-bond acceptors (Lipinski definition) is 10. The number of aromatic nitrogens is 4. The summed E-state index contributed by atoms with van der Waals surface area (Å²) in [6.45, 7) is 0.533. The summed E-state index contributed by atoms with van der Waals surface area (Å²) in [6.07, 6.45) is 3.86. The van der Waals surface area contributed by atoms with Crippen molar-refractivity contribution >= 4 is 33.7 Å². The highest BCUT2D eigenvalue weighted by molar-refractivity contribution is 7.86. The first kappa shape index (κ1) is 25.2. The number of primary amides is 1. The molecule has 3 atom stereocenters. The number of fused-ring (bicyclic) bond motifs is 2. The number of methoxy groups -OCH3 is 1. The lowest BCUT2D eigenvalue weighted by atomic mass is 9.83. The van der Waals surface area contributed by atoms with Gasteiger partial charge in [-0.3, -0.25) is 9.89 Å². The van der Waals surface area contributed by atoms with Crippen LogP contribution < -0.4 is 20.7 Å². The number of rotatable bonds is 8. The topological polar surface area (TPSA) is 186 Å².